The average molecular weight is 268 g/mol. The molecule has 0 saturated heterocycles. The first-order valence-electron chi connectivity index (χ1n) is 7.40. The summed E-state index contributed by atoms with van der Waals surface area (Å²) in [5, 5.41) is 0. The molecule has 1 aromatic heterocycles. The fourth-order valence-corrected chi connectivity index (χ4v) is 3.16. The van der Waals surface area contributed by atoms with Crippen molar-refractivity contribution in [3.8, 4) is 0 Å². The minimum absolute atomic E-state index is 0.703. The highest BCUT2D eigenvalue weighted by molar-refractivity contribution is 5.51. The molecule has 1 aliphatic carbocycles. The van der Waals surface area contributed by atoms with Gasteiger partial charge in [0.2, 0.25) is 0 Å². The van der Waals surface area contributed by atoms with Gasteiger partial charge < -0.3 is 10.3 Å². The van der Waals surface area contributed by atoms with E-state index in [1.165, 1.54) is 29.7 Å². The van der Waals surface area contributed by atoms with Crippen LogP contribution in [0.4, 0.5) is 5.69 Å². The van der Waals surface area contributed by atoms with Crippen LogP contribution < -0.4 is 5.73 Å². The third-order valence-electron chi connectivity index (χ3n) is 4.46. The van der Waals surface area contributed by atoms with Gasteiger partial charge in [0.1, 0.15) is 0 Å². The molecule has 0 atom stereocenters. The number of hydrogen-bond acceptors (Lipinski definition) is 3. The van der Waals surface area contributed by atoms with Crippen LogP contribution in [0.25, 0.3) is 0 Å². The molecule has 4 heteroatoms. The molecule has 2 heterocycles. The van der Waals surface area contributed by atoms with Crippen LogP contribution in [0.3, 0.4) is 0 Å². The van der Waals surface area contributed by atoms with E-state index in [1.54, 1.807) is 0 Å². The fourth-order valence-electron chi connectivity index (χ4n) is 3.16. The number of nitrogen functional groups attached to an aromatic ring is 1. The lowest BCUT2D eigenvalue weighted by molar-refractivity contribution is 0.240. The van der Waals surface area contributed by atoms with Gasteiger partial charge in [-0.1, -0.05) is 12.1 Å². The quantitative estimate of drug-likeness (QED) is 0.869. The van der Waals surface area contributed by atoms with E-state index < -0.39 is 0 Å². The van der Waals surface area contributed by atoms with E-state index in [0.29, 0.717) is 6.04 Å². The van der Waals surface area contributed by atoms with E-state index in [0.717, 1.165) is 31.7 Å². The molecule has 0 spiro atoms. The number of nitrogens with zero attached hydrogens (tertiary/aromatic N) is 3. The Labute approximate surface area is 119 Å². The van der Waals surface area contributed by atoms with Crippen molar-refractivity contribution in [2.45, 2.75) is 38.4 Å². The van der Waals surface area contributed by atoms with E-state index in [4.69, 9.17) is 5.73 Å². The molecule has 20 heavy (non-hydrogen) atoms. The molecule has 2 N–H and O–H groups in total. The standard InChI is InChI=1S/C16H20N4/c17-16-3-1-2-12-6-7-19(10-15(12)16)9-14-8-18-11-20(14)13-4-5-13/h1-3,8,11,13H,4-7,9-10,17H2. The van der Waals surface area contributed by atoms with Crippen LogP contribution in [0.2, 0.25) is 0 Å². The molecule has 104 valence electrons. The minimum Gasteiger partial charge on any atom is -0.398 e. The van der Waals surface area contributed by atoms with Crippen molar-refractivity contribution in [1.29, 1.82) is 0 Å². The molecule has 1 aliphatic heterocycles. The van der Waals surface area contributed by atoms with E-state index in [9.17, 15) is 0 Å². The van der Waals surface area contributed by atoms with E-state index in [2.05, 4.69) is 26.6 Å². The van der Waals surface area contributed by atoms with Gasteiger partial charge in [0.15, 0.2) is 0 Å². The maximum absolute atomic E-state index is 6.12. The number of imidazole rings is 1. The lowest BCUT2D eigenvalue weighted by atomic mass is 9.98. The number of rotatable bonds is 3. The van der Waals surface area contributed by atoms with Crippen LogP contribution >= 0.6 is 0 Å². The van der Waals surface area contributed by atoms with Crippen molar-refractivity contribution in [1.82, 2.24) is 14.5 Å². The smallest absolute Gasteiger partial charge is 0.0951 e. The predicted octanol–water partition coefficient (Wildman–Crippen LogP) is 2.36. The predicted molar refractivity (Wildman–Crippen MR) is 79.2 cm³/mol. The SMILES string of the molecule is Nc1cccc2c1CN(Cc1cncn1C1CC1)CC2. The van der Waals surface area contributed by atoms with Crippen LogP contribution in [0.15, 0.2) is 30.7 Å². The van der Waals surface area contributed by atoms with Gasteiger partial charge in [-0.25, -0.2) is 4.98 Å². The van der Waals surface area contributed by atoms with Crippen molar-refractivity contribution in [2.24, 2.45) is 0 Å². The zero-order valence-corrected chi connectivity index (χ0v) is 11.6. The van der Waals surface area contributed by atoms with Crippen molar-refractivity contribution < 1.29 is 0 Å². The maximum Gasteiger partial charge on any atom is 0.0951 e. The van der Waals surface area contributed by atoms with Gasteiger partial charge in [0.25, 0.3) is 0 Å². The Balaban J connectivity index is 1.53. The molecule has 2 aliphatic rings. The maximum atomic E-state index is 6.12. The molecule has 4 rings (SSSR count). The summed E-state index contributed by atoms with van der Waals surface area (Å²) < 4.78 is 2.35. The van der Waals surface area contributed by atoms with Gasteiger partial charge in [-0.2, -0.15) is 0 Å². The van der Waals surface area contributed by atoms with Crippen LogP contribution in [0.5, 0.6) is 0 Å². The van der Waals surface area contributed by atoms with Crippen LogP contribution in [0.1, 0.15) is 35.7 Å². The molecule has 0 amide bonds. The highest BCUT2D eigenvalue weighted by Crippen LogP contribution is 2.36. The topological polar surface area (TPSA) is 47.1 Å². The third kappa shape index (κ3) is 2.10. The molecule has 4 nitrogen and oxygen atoms in total. The summed E-state index contributed by atoms with van der Waals surface area (Å²) in [7, 11) is 0. The van der Waals surface area contributed by atoms with E-state index in [1.807, 2.05) is 18.6 Å². The fraction of sp³-hybridized carbons (Fsp3) is 0.438. The van der Waals surface area contributed by atoms with Gasteiger partial charge in [0.05, 0.1) is 12.0 Å². The summed E-state index contributed by atoms with van der Waals surface area (Å²) >= 11 is 0. The van der Waals surface area contributed by atoms with Crippen molar-refractivity contribution in [2.75, 3.05) is 12.3 Å². The molecule has 1 saturated carbocycles. The van der Waals surface area contributed by atoms with Crippen LogP contribution in [-0.2, 0) is 19.5 Å². The van der Waals surface area contributed by atoms with Crippen LogP contribution in [-0.4, -0.2) is 21.0 Å². The second-order valence-corrected chi connectivity index (χ2v) is 5.97. The molecule has 0 bridgehead atoms. The Morgan fingerprint density at radius 3 is 3.05 bits per heavy atom. The second kappa shape index (κ2) is 4.63. The second-order valence-electron chi connectivity index (χ2n) is 5.97. The Bertz CT molecular complexity index is 627. The molecular weight excluding hydrogens is 248 g/mol. The first kappa shape index (κ1) is 12.0. The molecule has 1 fully saturated rings. The summed E-state index contributed by atoms with van der Waals surface area (Å²) in [6, 6.07) is 6.98. The molecule has 0 radical (unpaired) electrons. The van der Waals surface area contributed by atoms with Gasteiger partial charge in [-0.3, -0.25) is 4.90 Å². The van der Waals surface area contributed by atoms with Gasteiger partial charge >= 0.3 is 0 Å². The number of aromatic nitrogens is 2. The van der Waals surface area contributed by atoms with Crippen LogP contribution in [0, 0.1) is 0 Å². The van der Waals surface area contributed by atoms with Crippen molar-refractivity contribution >= 4 is 5.69 Å². The molecule has 0 unspecified atom stereocenters. The summed E-state index contributed by atoms with van der Waals surface area (Å²) in [4.78, 5) is 6.80. The number of benzene rings is 1. The number of hydrogen-bond donors (Lipinski definition) is 1. The first-order chi connectivity index (χ1) is 9.81. The zero-order valence-electron chi connectivity index (χ0n) is 11.6. The Hall–Kier alpha value is -1.81. The summed E-state index contributed by atoms with van der Waals surface area (Å²) in [6.45, 7) is 3.04. The number of nitrogens with two attached hydrogens (primary N) is 1. The Morgan fingerprint density at radius 2 is 2.20 bits per heavy atom. The van der Waals surface area contributed by atoms with Gasteiger partial charge in [0, 0.05) is 37.6 Å². The van der Waals surface area contributed by atoms with Gasteiger partial charge in [-0.05, 0) is 36.5 Å². The summed E-state index contributed by atoms with van der Waals surface area (Å²) in [6.07, 6.45) is 7.71. The van der Waals surface area contributed by atoms with E-state index >= 15 is 0 Å². The molecule has 1 aromatic carbocycles. The zero-order chi connectivity index (χ0) is 13.5. The molecule has 2 aromatic rings. The highest BCUT2D eigenvalue weighted by atomic mass is 15.2. The monoisotopic (exact) mass is 268 g/mol. The summed E-state index contributed by atoms with van der Waals surface area (Å²) in [5.41, 5.74) is 11.1. The Morgan fingerprint density at radius 1 is 1.30 bits per heavy atom. The summed E-state index contributed by atoms with van der Waals surface area (Å²) in [5.74, 6) is 0. The highest BCUT2D eigenvalue weighted by Gasteiger charge is 2.26. The number of fused-ring (bicyclic) bond motifs is 1. The Kier molecular flexibility index (Phi) is 2.77. The lowest BCUT2D eigenvalue weighted by Crippen LogP contribution is -2.31. The number of anilines is 1. The average Bonchev–Trinajstić information content (AvgIpc) is 3.20. The van der Waals surface area contributed by atoms with E-state index in [-0.39, 0.29) is 0 Å². The van der Waals surface area contributed by atoms with Gasteiger partial charge in [-0.15, -0.1) is 0 Å². The third-order valence-corrected chi connectivity index (χ3v) is 4.46. The normalized spacial score (nSPS) is 19.0. The largest absolute Gasteiger partial charge is 0.398 e. The molecular formula is C16H20N4. The first-order valence-corrected chi connectivity index (χ1v) is 7.40. The lowest BCUT2D eigenvalue weighted by Gasteiger charge is -2.29. The van der Waals surface area contributed by atoms with Crippen molar-refractivity contribution in [3.05, 3.63) is 47.5 Å². The minimum atomic E-state index is 0.703. The van der Waals surface area contributed by atoms with Crippen molar-refractivity contribution in [3.63, 3.8) is 0 Å².